The Morgan fingerprint density at radius 1 is 1.36 bits per heavy atom. The van der Waals surface area contributed by atoms with E-state index in [0.717, 1.165) is 17.2 Å². The van der Waals surface area contributed by atoms with Gasteiger partial charge in [-0.25, -0.2) is 4.98 Å². The Morgan fingerprint density at radius 2 is 2.14 bits per heavy atom. The molecule has 1 aromatic carbocycles. The molecule has 1 radical (unpaired) electrons. The molecular weight excluding hydrogens is 174 g/mol. The summed E-state index contributed by atoms with van der Waals surface area (Å²) in [6, 6.07) is 8.07. The minimum absolute atomic E-state index is 0.638. The van der Waals surface area contributed by atoms with Crippen LogP contribution in [0.25, 0.3) is 11.4 Å². The van der Waals surface area contributed by atoms with Crippen LogP contribution in [0.15, 0.2) is 24.3 Å². The molecule has 0 saturated heterocycles. The predicted octanol–water partition coefficient (Wildman–Crippen LogP) is 2.16. The number of hydrogen-bond donors (Lipinski definition) is 1. The van der Waals surface area contributed by atoms with E-state index in [2.05, 4.69) is 35.1 Å². The van der Waals surface area contributed by atoms with Gasteiger partial charge in [0.15, 0.2) is 5.82 Å². The Labute approximate surface area is 83.2 Å². The fourth-order valence-corrected chi connectivity index (χ4v) is 1.35. The van der Waals surface area contributed by atoms with Gasteiger partial charge in [0.2, 0.25) is 0 Å². The number of aromatic nitrogens is 3. The van der Waals surface area contributed by atoms with Crippen LogP contribution >= 0.6 is 0 Å². The van der Waals surface area contributed by atoms with Gasteiger partial charge in [-0.05, 0) is 19.4 Å². The monoisotopic (exact) mass is 186 g/mol. The van der Waals surface area contributed by atoms with Crippen molar-refractivity contribution in [2.45, 2.75) is 13.3 Å². The molecule has 71 valence electrons. The molecule has 0 amide bonds. The average Bonchev–Trinajstić information content (AvgIpc) is 2.67. The van der Waals surface area contributed by atoms with E-state index in [4.69, 9.17) is 0 Å². The van der Waals surface area contributed by atoms with Crippen LogP contribution in [0, 0.1) is 13.8 Å². The molecule has 0 unspecified atom stereocenters. The lowest BCUT2D eigenvalue weighted by Crippen LogP contribution is -1.85. The normalized spacial score (nSPS) is 10.4. The van der Waals surface area contributed by atoms with Crippen molar-refractivity contribution in [3.8, 4) is 11.4 Å². The first kappa shape index (κ1) is 8.94. The van der Waals surface area contributed by atoms with E-state index >= 15 is 0 Å². The first-order valence-corrected chi connectivity index (χ1v) is 4.58. The summed E-state index contributed by atoms with van der Waals surface area (Å²) in [6.45, 7) is 5.80. The summed E-state index contributed by atoms with van der Waals surface area (Å²) in [6.07, 6.45) is 0.638. The number of benzene rings is 1. The van der Waals surface area contributed by atoms with Gasteiger partial charge in [-0.15, -0.1) is 0 Å². The zero-order valence-corrected chi connectivity index (χ0v) is 8.12. The molecule has 1 heterocycles. The fraction of sp³-hybridized carbons (Fsp3) is 0.182. The summed E-state index contributed by atoms with van der Waals surface area (Å²) in [5.74, 6) is 1.57. The molecule has 3 heteroatoms. The lowest BCUT2D eigenvalue weighted by Gasteiger charge is -1.98. The van der Waals surface area contributed by atoms with Gasteiger partial charge in [0.05, 0.1) is 0 Å². The molecule has 1 aromatic heterocycles. The van der Waals surface area contributed by atoms with Crippen LogP contribution in [0.2, 0.25) is 0 Å². The van der Waals surface area contributed by atoms with Crippen LogP contribution in [0.4, 0.5) is 0 Å². The molecule has 2 rings (SSSR count). The molecule has 0 saturated carbocycles. The number of aromatic amines is 1. The van der Waals surface area contributed by atoms with Gasteiger partial charge in [-0.1, -0.05) is 24.3 Å². The van der Waals surface area contributed by atoms with E-state index in [1.165, 1.54) is 5.56 Å². The van der Waals surface area contributed by atoms with Crippen LogP contribution in [0.1, 0.15) is 11.4 Å². The maximum Gasteiger partial charge on any atom is 0.181 e. The number of aryl methyl sites for hydroxylation is 1. The van der Waals surface area contributed by atoms with Gasteiger partial charge >= 0.3 is 0 Å². The Hall–Kier alpha value is -1.64. The van der Waals surface area contributed by atoms with E-state index in [1.807, 2.05) is 18.2 Å². The van der Waals surface area contributed by atoms with Crippen molar-refractivity contribution in [3.05, 3.63) is 42.6 Å². The minimum Gasteiger partial charge on any atom is -0.263 e. The SMILES string of the molecule is [CH2]Cc1nc(-c2ccccc2C)n[nH]1. The largest absolute Gasteiger partial charge is 0.263 e. The molecule has 0 bridgehead atoms. The second-order valence-corrected chi connectivity index (χ2v) is 3.17. The molecule has 14 heavy (non-hydrogen) atoms. The van der Waals surface area contributed by atoms with Crippen molar-refractivity contribution >= 4 is 0 Å². The standard InChI is InChI=1S/C11H12N3/c1-3-10-12-11(14-13-10)9-7-5-4-6-8(9)2/h4-7H,1,3H2,2H3,(H,12,13,14). The number of hydrogen-bond acceptors (Lipinski definition) is 2. The lowest BCUT2D eigenvalue weighted by atomic mass is 10.1. The molecule has 0 atom stereocenters. The van der Waals surface area contributed by atoms with E-state index in [-0.39, 0.29) is 0 Å². The van der Waals surface area contributed by atoms with Crippen LogP contribution in [-0.2, 0) is 6.42 Å². The van der Waals surface area contributed by atoms with E-state index in [0.29, 0.717) is 6.42 Å². The highest BCUT2D eigenvalue weighted by Crippen LogP contribution is 2.18. The minimum atomic E-state index is 0.638. The number of nitrogens with one attached hydrogen (secondary N) is 1. The van der Waals surface area contributed by atoms with Gasteiger partial charge < -0.3 is 0 Å². The molecule has 0 aliphatic rings. The van der Waals surface area contributed by atoms with E-state index in [1.54, 1.807) is 0 Å². The Morgan fingerprint density at radius 3 is 2.79 bits per heavy atom. The Bertz CT molecular complexity index is 432. The molecule has 0 aliphatic carbocycles. The van der Waals surface area contributed by atoms with Gasteiger partial charge in [0.1, 0.15) is 5.82 Å². The first-order valence-electron chi connectivity index (χ1n) is 4.58. The molecule has 0 aliphatic heterocycles. The van der Waals surface area contributed by atoms with Gasteiger partial charge in [-0.2, -0.15) is 5.10 Å². The van der Waals surface area contributed by atoms with Crippen molar-refractivity contribution < 1.29 is 0 Å². The molecule has 0 fully saturated rings. The number of rotatable bonds is 2. The summed E-state index contributed by atoms with van der Waals surface area (Å²) in [5, 5.41) is 7.00. The molecule has 2 aromatic rings. The fourth-order valence-electron chi connectivity index (χ4n) is 1.35. The van der Waals surface area contributed by atoms with Crippen LogP contribution < -0.4 is 0 Å². The topological polar surface area (TPSA) is 41.6 Å². The number of nitrogens with zero attached hydrogens (tertiary/aromatic N) is 2. The summed E-state index contributed by atoms with van der Waals surface area (Å²) in [4.78, 5) is 4.33. The second kappa shape index (κ2) is 3.62. The summed E-state index contributed by atoms with van der Waals surface area (Å²) < 4.78 is 0. The summed E-state index contributed by atoms with van der Waals surface area (Å²) in [5.41, 5.74) is 2.26. The van der Waals surface area contributed by atoms with Gasteiger partial charge in [-0.3, -0.25) is 5.10 Å². The van der Waals surface area contributed by atoms with Crippen LogP contribution in [-0.4, -0.2) is 15.2 Å². The second-order valence-electron chi connectivity index (χ2n) is 3.17. The third-order valence-electron chi connectivity index (χ3n) is 2.15. The Kier molecular flexibility index (Phi) is 2.31. The summed E-state index contributed by atoms with van der Waals surface area (Å²) >= 11 is 0. The molecule has 0 spiro atoms. The van der Waals surface area contributed by atoms with Gasteiger partial charge in [0.25, 0.3) is 0 Å². The number of H-pyrrole nitrogens is 1. The maximum atomic E-state index is 4.33. The lowest BCUT2D eigenvalue weighted by molar-refractivity contribution is 0.990. The molecule has 3 nitrogen and oxygen atoms in total. The predicted molar refractivity (Wildman–Crippen MR) is 55.6 cm³/mol. The van der Waals surface area contributed by atoms with Crippen molar-refractivity contribution in [2.24, 2.45) is 0 Å². The smallest absolute Gasteiger partial charge is 0.181 e. The van der Waals surface area contributed by atoms with E-state index < -0.39 is 0 Å². The molecular formula is C11H12N3. The third-order valence-corrected chi connectivity index (χ3v) is 2.15. The van der Waals surface area contributed by atoms with E-state index in [9.17, 15) is 0 Å². The average molecular weight is 186 g/mol. The third kappa shape index (κ3) is 1.53. The quantitative estimate of drug-likeness (QED) is 0.780. The highest BCUT2D eigenvalue weighted by atomic mass is 15.2. The molecule has 1 N–H and O–H groups in total. The highest BCUT2D eigenvalue weighted by molar-refractivity contribution is 5.59. The van der Waals surface area contributed by atoms with Gasteiger partial charge in [0, 0.05) is 12.0 Å². The Balaban J connectivity index is 2.44. The van der Waals surface area contributed by atoms with Crippen molar-refractivity contribution in [1.29, 1.82) is 0 Å². The van der Waals surface area contributed by atoms with Crippen molar-refractivity contribution in [2.75, 3.05) is 0 Å². The zero-order chi connectivity index (χ0) is 9.97. The zero-order valence-electron chi connectivity index (χ0n) is 8.12. The van der Waals surface area contributed by atoms with Crippen molar-refractivity contribution in [3.63, 3.8) is 0 Å². The van der Waals surface area contributed by atoms with Crippen LogP contribution in [0.5, 0.6) is 0 Å². The van der Waals surface area contributed by atoms with Crippen molar-refractivity contribution in [1.82, 2.24) is 15.2 Å². The van der Waals surface area contributed by atoms with Crippen LogP contribution in [0.3, 0.4) is 0 Å². The first-order chi connectivity index (χ1) is 6.81. The highest BCUT2D eigenvalue weighted by Gasteiger charge is 2.06. The summed E-state index contributed by atoms with van der Waals surface area (Å²) in [7, 11) is 0. The maximum absolute atomic E-state index is 4.33.